The smallest absolute Gasteiger partial charge is 0.417 e. The molecule has 1 amide bonds. The molecule has 1 N–H and O–H groups in total. The van der Waals surface area contributed by atoms with Gasteiger partial charge < -0.3 is 15.0 Å². The van der Waals surface area contributed by atoms with E-state index in [-0.39, 0.29) is 23.3 Å². The Balaban J connectivity index is 2.09. The average molecular weight is 388 g/mol. The van der Waals surface area contributed by atoms with Crippen LogP contribution in [0.15, 0.2) is 36.5 Å². The molecule has 26 heavy (non-hydrogen) atoms. The largest absolute Gasteiger partial charge is 0.497 e. The van der Waals surface area contributed by atoms with Crippen LogP contribution in [-0.4, -0.2) is 31.1 Å². The van der Waals surface area contributed by atoms with E-state index in [1.807, 2.05) is 0 Å². The summed E-state index contributed by atoms with van der Waals surface area (Å²) in [6, 6.07) is 7.55. The Hall–Kier alpha value is -2.48. The molecular weight excluding hydrogens is 371 g/mol. The minimum atomic E-state index is -4.53. The lowest BCUT2D eigenvalue weighted by molar-refractivity contribution is -0.137. The summed E-state index contributed by atoms with van der Waals surface area (Å²) in [5, 5.41) is 2.53. The molecule has 0 aliphatic carbocycles. The number of hydrogen-bond acceptors (Lipinski definition) is 4. The molecule has 1 aromatic heterocycles. The number of aromatic nitrogens is 1. The van der Waals surface area contributed by atoms with E-state index < -0.39 is 11.7 Å². The van der Waals surface area contributed by atoms with Crippen molar-refractivity contribution in [2.24, 2.45) is 0 Å². The van der Waals surface area contributed by atoms with Crippen molar-refractivity contribution in [3.8, 4) is 5.75 Å². The number of halogens is 4. The highest BCUT2D eigenvalue weighted by molar-refractivity contribution is 6.33. The van der Waals surface area contributed by atoms with Crippen LogP contribution in [0.5, 0.6) is 5.75 Å². The normalized spacial score (nSPS) is 11.2. The highest BCUT2D eigenvalue weighted by Gasteiger charge is 2.32. The number of likely N-dealkylation sites (N-methyl/N-ethyl adjacent to an activating group) is 1. The number of carbonyl (C=O) groups excluding carboxylic acids is 1. The zero-order chi connectivity index (χ0) is 19.3. The monoisotopic (exact) mass is 387 g/mol. The van der Waals surface area contributed by atoms with Crippen molar-refractivity contribution in [1.82, 2.24) is 4.98 Å². The van der Waals surface area contributed by atoms with Crippen molar-refractivity contribution < 1.29 is 22.7 Å². The fourth-order valence-electron chi connectivity index (χ4n) is 2.20. The molecule has 0 saturated heterocycles. The summed E-state index contributed by atoms with van der Waals surface area (Å²) >= 11 is 5.94. The van der Waals surface area contributed by atoms with Crippen molar-refractivity contribution >= 4 is 29.0 Å². The van der Waals surface area contributed by atoms with Gasteiger partial charge in [-0.25, -0.2) is 4.98 Å². The van der Waals surface area contributed by atoms with Crippen LogP contribution in [0.3, 0.4) is 0 Å². The number of ether oxygens (including phenoxy) is 1. The molecule has 0 saturated carbocycles. The zero-order valence-corrected chi connectivity index (χ0v) is 14.9. The first-order chi connectivity index (χ1) is 12.2. The molecule has 140 valence electrons. The molecule has 2 aromatic rings. The second kappa shape index (κ2) is 8.27. The van der Waals surface area contributed by atoms with Gasteiger partial charge in [0.15, 0.2) is 0 Å². The van der Waals surface area contributed by atoms with Crippen LogP contribution >= 0.6 is 11.6 Å². The molecule has 0 fully saturated rings. The number of nitrogens with zero attached hydrogens (tertiary/aromatic N) is 2. The lowest BCUT2D eigenvalue weighted by Gasteiger charge is -2.23. The topological polar surface area (TPSA) is 54.5 Å². The molecule has 0 unspecified atom stereocenters. The fraction of sp³-hybridized carbons (Fsp3) is 0.294. The van der Waals surface area contributed by atoms with Crippen molar-refractivity contribution in [2.45, 2.75) is 13.1 Å². The summed E-state index contributed by atoms with van der Waals surface area (Å²) in [4.78, 5) is 17.5. The van der Waals surface area contributed by atoms with Gasteiger partial charge in [-0.15, -0.1) is 0 Å². The molecule has 1 aromatic carbocycles. The molecule has 0 aliphatic rings. The lowest BCUT2D eigenvalue weighted by Crippen LogP contribution is -2.34. The number of nitrogens with one attached hydrogen (secondary N) is 1. The Morgan fingerprint density at radius 2 is 1.96 bits per heavy atom. The van der Waals surface area contributed by atoms with E-state index in [4.69, 9.17) is 16.3 Å². The summed E-state index contributed by atoms with van der Waals surface area (Å²) in [6.07, 6.45) is -3.83. The second-order valence-corrected chi connectivity index (χ2v) is 5.73. The summed E-state index contributed by atoms with van der Waals surface area (Å²) in [7, 11) is 1.54. The van der Waals surface area contributed by atoms with Crippen LogP contribution in [0, 0.1) is 0 Å². The van der Waals surface area contributed by atoms with Gasteiger partial charge in [0.25, 0.3) is 0 Å². The number of hydrogen-bond donors (Lipinski definition) is 1. The minimum Gasteiger partial charge on any atom is -0.497 e. The number of benzene rings is 1. The van der Waals surface area contributed by atoms with Gasteiger partial charge in [0.1, 0.15) is 11.6 Å². The summed E-state index contributed by atoms with van der Waals surface area (Å²) in [5.74, 6) is 0.417. The molecule has 9 heteroatoms. The molecule has 2 rings (SSSR count). The maximum absolute atomic E-state index is 12.7. The second-order valence-electron chi connectivity index (χ2n) is 5.32. The Morgan fingerprint density at radius 3 is 2.46 bits per heavy atom. The third kappa shape index (κ3) is 5.01. The molecule has 0 radical (unpaired) electrons. The molecule has 0 atom stereocenters. The van der Waals surface area contributed by atoms with Crippen molar-refractivity contribution in [2.75, 3.05) is 30.4 Å². The van der Waals surface area contributed by atoms with Gasteiger partial charge in [0.2, 0.25) is 5.91 Å². The van der Waals surface area contributed by atoms with Crippen molar-refractivity contribution in [3.63, 3.8) is 0 Å². The summed E-state index contributed by atoms with van der Waals surface area (Å²) in [6.45, 7) is 1.98. The predicted octanol–water partition coefficient (Wildman–Crippen LogP) is 4.23. The molecule has 0 spiro atoms. The average Bonchev–Trinajstić information content (AvgIpc) is 2.59. The van der Waals surface area contributed by atoms with Gasteiger partial charge in [-0.2, -0.15) is 13.2 Å². The first-order valence-electron chi connectivity index (χ1n) is 7.66. The molecule has 0 aliphatic heterocycles. The Bertz CT molecular complexity index is 767. The van der Waals surface area contributed by atoms with E-state index in [9.17, 15) is 18.0 Å². The number of rotatable bonds is 6. The minimum absolute atomic E-state index is 0.111. The van der Waals surface area contributed by atoms with E-state index in [1.54, 1.807) is 31.2 Å². The van der Waals surface area contributed by atoms with Gasteiger partial charge >= 0.3 is 6.18 Å². The van der Waals surface area contributed by atoms with Gasteiger partial charge in [0, 0.05) is 18.4 Å². The van der Waals surface area contributed by atoms with Crippen LogP contribution in [0.1, 0.15) is 12.5 Å². The standard InChI is InChI=1S/C17H17ClF3N3O2/c1-3-24(16-14(18)8-11(9-22-16)17(19,20)21)10-15(25)23-12-4-6-13(26-2)7-5-12/h4-9H,3,10H2,1-2H3,(H,23,25). The van der Waals surface area contributed by atoms with Crippen LogP contribution in [0.2, 0.25) is 5.02 Å². The van der Waals surface area contributed by atoms with Gasteiger partial charge in [-0.05, 0) is 37.3 Å². The number of methoxy groups -OCH3 is 1. The Kier molecular flexibility index (Phi) is 6.31. The van der Waals surface area contributed by atoms with E-state index in [1.165, 1.54) is 12.0 Å². The third-order valence-corrected chi connectivity index (χ3v) is 3.82. The number of carbonyl (C=O) groups is 1. The first kappa shape index (κ1) is 19.8. The van der Waals surface area contributed by atoms with Crippen LogP contribution in [0.25, 0.3) is 0 Å². The summed E-state index contributed by atoms with van der Waals surface area (Å²) in [5.41, 5.74) is -0.372. The van der Waals surface area contributed by atoms with E-state index in [0.717, 1.165) is 6.07 Å². The lowest BCUT2D eigenvalue weighted by atomic mass is 10.2. The fourth-order valence-corrected chi connectivity index (χ4v) is 2.49. The first-order valence-corrected chi connectivity index (χ1v) is 8.04. The number of alkyl halides is 3. The SMILES string of the molecule is CCN(CC(=O)Nc1ccc(OC)cc1)c1ncc(C(F)(F)F)cc1Cl. The van der Waals surface area contributed by atoms with Gasteiger partial charge in [0.05, 0.1) is 24.2 Å². The summed E-state index contributed by atoms with van der Waals surface area (Å²) < 4.78 is 43.1. The van der Waals surface area contributed by atoms with Crippen molar-refractivity contribution in [3.05, 3.63) is 47.1 Å². The molecule has 1 heterocycles. The third-order valence-electron chi connectivity index (χ3n) is 3.54. The van der Waals surface area contributed by atoms with E-state index in [0.29, 0.717) is 24.2 Å². The predicted molar refractivity (Wildman–Crippen MR) is 93.8 cm³/mol. The number of pyridine rings is 1. The van der Waals surface area contributed by atoms with Gasteiger partial charge in [-0.1, -0.05) is 11.6 Å². The van der Waals surface area contributed by atoms with Crippen molar-refractivity contribution in [1.29, 1.82) is 0 Å². The highest BCUT2D eigenvalue weighted by atomic mass is 35.5. The van der Waals surface area contributed by atoms with Crippen LogP contribution in [0.4, 0.5) is 24.7 Å². The van der Waals surface area contributed by atoms with E-state index >= 15 is 0 Å². The Morgan fingerprint density at radius 1 is 1.31 bits per heavy atom. The van der Waals surface area contributed by atoms with Crippen LogP contribution in [-0.2, 0) is 11.0 Å². The molecular formula is C17H17ClF3N3O2. The quantitative estimate of drug-likeness (QED) is 0.806. The van der Waals surface area contributed by atoms with Gasteiger partial charge in [-0.3, -0.25) is 4.79 Å². The van der Waals surface area contributed by atoms with Crippen LogP contribution < -0.4 is 15.0 Å². The Labute approximate surface area is 153 Å². The molecule has 0 bridgehead atoms. The molecule has 5 nitrogen and oxygen atoms in total. The van der Waals surface area contributed by atoms with E-state index in [2.05, 4.69) is 10.3 Å². The highest BCUT2D eigenvalue weighted by Crippen LogP contribution is 2.33. The number of amides is 1. The zero-order valence-electron chi connectivity index (χ0n) is 14.1. The maximum Gasteiger partial charge on any atom is 0.417 e. The maximum atomic E-state index is 12.7. The number of anilines is 2.